The van der Waals surface area contributed by atoms with Gasteiger partial charge in [-0.3, -0.25) is 0 Å². The van der Waals surface area contributed by atoms with Crippen molar-refractivity contribution in [2.75, 3.05) is 20.1 Å². The summed E-state index contributed by atoms with van der Waals surface area (Å²) in [5.41, 5.74) is 0.587. The van der Waals surface area contributed by atoms with Gasteiger partial charge < -0.3 is 10.2 Å². The smallest absolute Gasteiger partial charge is 0.0127 e. The van der Waals surface area contributed by atoms with E-state index in [0.717, 1.165) is 12.1 Å². The normalized spacial score (nSPS) is 30.6. The van der Waals surface area contributed by atoms with Crippen molar-refractivity contribution >= 4 is 0 Å². The zero-order valence-corrected chi connectivity index (χ0v) is 11.1. The molecule has 0 aromatic rings. The fourth-order valence-corrected chi connectivity index (χ4v) is 2.21. The van der Waals surface area contributed by atoms with Gasteiger partial charge in [0.05, 0.1) is 0 Å². The largest absolute Gasteiger partial charge is 0.311 e. The summed E-state index contributed by atoms with van der Waals surface area (Å²) in [7, 11) is 2.22. The first kappa shape index (κ1) is 13.0. The molecule has 15 heavy (non-hydrogen) atoms. The van der Waals surface area contributed by atoms with Crippen LogP contribution in [0.25, 0.3) is 0 Å². The van der Waals surface area contributed by atoms with Crippen molar-refractivity contribution in [2.24, 2.45) is 5.41 Å². The summed E-state index contributed by atoms with van der Waals surface area (Å²) in [4.78, 5) is 2.43. The van der Waals surface area contributed by atoms with Crippen LogP contribution in [-0.2, 0) is 0 Å². The quantitative estimate of drug-likeness (QED) is 0.756. The summed E-state index contributed by atoms with van der Waals surface area (Å²) in [5.74, 6) is 0. The van der Waals surface area contributed by atoms with E-state index < -0.39 is 0 Å². The summed E-state index contributed by atoms with van der Waals surface area (Å²) in [6.07, 6.45) is 4.05. The minimum Gasteiger partial charge on any atom is -0.311 e. The lowest BCUT2D eigenvalue weighted by molar-refractivity contribution is 0.230. The molecular weight excluding hydrogens is 184 g/mol. The second-order valence-electron chi connectivity index (χ2n) is 5.49. The van der Waals surface area contributed by atoms with Crippen LogP contribution in [-0.4, -0.2) is 37.1 Å². The molecule has 2 heteroatoms. The SMILES string of the molecule is CC.CN1CCC(NC2CC2(C)C)CC1. The van der Waals surface area contributed by atoms with Crippen molar-refractivity contribution in [3.8, 4) is 0 Å². The summed E-state index contributed by atoms with van der Waals surface area (Å²) < 4.78 is 0. The number of nitrogens with one attached hydrogen (secondary N) is 1. The average molecular weight is 212 g/mol. The standard InChI is InChI=1S/C11H22N2.C2H6/c1-11(2)8-10(11)12-9-4-6-13(3)7-5-9;1-2/h9-10,12H,4-8H2,1-3H3;1-2H3. The molecule has 1 N–H and O–H groups in total. The fourth-order valence-electron chi connectivity index (χ4n) is 2.21. The van der Waals surface area contributed by atoms with Gasteiger partial charge in [-0.2, -0.15) is 0 Å². The molecule has 0 radical (unpaired) electrons. The van der Waals surface area contributed by atoms with Gasteiger partial charge in [0.2, 0.25) is 0 Å². The molecule has 1 saturated carbocycles. The molecule has 0 aromatic carbocycles. The van der Waals surface area contributed by atoms with Crippen LogP contribution in [0.5, 0.6) is 0 Å². The Kier molecular flexibility index (Phi) is 4.60. The number of hydrogen-bond donors (Lipinski definition) is 1. The molecular formula is C13H28N2. The van der Waals surface area contributed by atoms with E-state index in [9.17, 15) is 0 Å². The first-order valence-corrected chi connectivity index (χ1v) is 6.52. The fraction of sp³-hybridized carbons (Fsp3) is 1.00. The number of hydrogen-bond acceptors (Lipinski definition) is 2. The Morgan fingerprint density at radius 3 is 2.00 bits per heavy atom. The monoisotopic (exact) mass is 212 g/mol. The van der Waals surface area contributed by atoms with Crippen molar-refractivity contribution in [2.45, 2.75) is 59.0 Å². The van der Waals surface area contributed by atoms with Gasteiger partial charge in [-0.05, 0) is 44.8 Å². The lowest BCUT2D eigenvalue weighted by atomic mass is 10.0. The molecule has 1 heterocycles. The third kappa shape index (κ3) is 3.76. The zero-order valence-electron chi connectivity index (χ0n) is 11.1. The molecule has 0 amide bonds. The van der Waals surface area contributed by atoms with Gasteiger partial charge in [-0.15, -0.1) is 0 Å². The summed E-state index contributed by atoms with van der Waals surface area (Å²) in [6.45, 7) is 11.3. The molecule has 1 atom stereocenters. The topological polar surface area (TPSA) is 15.3 Å². The summed E-state index contributed by atoms with van der Waals surface area (Å²) in [6, 6.07) is 1.60. The predicted octanol–water partition coefficient (Wildman–Crippen LogP) is 2.49. The molecule has 90 valence electrons. The van der Waals surface area contributed by atoms with Gasteiger partial charge >= 0.3 is 0 Å². The van der Waals surface area contributed by atoms with Crippen LogP contribution in [0.15, 0.2) is 0 Å². The number of nitrogens with zero attached hydrogens (tertiary/aromatic N) is 1. The van der Waals surface area contributed by atoms with Gasteiger partial charge in [0.25, 0.3) is 0 Å². The second kappa shape index (κ2) is 5.31. The first-order valence-electron chi connectivity index (χ1n) is 6.52. The second-order valence-corrected chi connectivity index (χ2v) is 5.49. The summed E-state index contributed by atoms with van der Waals surface area (Å²) in [5, 5.41) is 3.78. The Labute approximate surface area is 95.4 Å². The van der Waals surface area contributed by atoms with E-state index in [1.165, 1.54) is 32.4 Å². The highest BCUT2D eigenvalue weighted by molar-refractivity contribution is 5.03. The van der Waals surface area contributed by atoms with Crippen molar-refractivity contribution in [1.82, 2.24) is 10.2 Å². The third-order valence-corrected chi connectivity index (χ3v) is 3.67. The van der Waals surface area contributed by atoms with Gasteiger partial charge in [0.15, 0.2) is 0 Å². The van der Waals surface area contributed by atoms with Crippen molar-refractivity contribution in [1.29, 1.82) is 0 Å². The third-order valence-electron chi connectivity index (χ3n) is 3.67. The Hall–Kier alpha value is -0.0800. The Morgan fingerprint density at radius 1 is 1.13 bits per heavy atom. The molecule has 2 nitrogen and oxygen atoms in total. The number of likely N-dealkylation sites (tertiary alicyclic amines) is 1. The van der Waals surface area contributed by atoms with Gasteiger partial charge in [-0.1, -0.05) is 27.7 Å². The number of rotatable bonds is 2. The number of piperidine rings is 1. The molecule has 2 rings (SSSR count). The molecule has 2 aliphatic rings. The van der Waals surface area contributed by atoms with E-state index >= 15 is 0 Å². The molecule has 1 aliphatic heterocycles. The van der Waals surface area contributed by atoms with Crippen LogP contribution < -0.4 is 5.32 Å². The minimum absolute atomic E-state index is 0.587. The lowest BCUT2D eigenvalue weighted by Gasteiger charge is -2.30. The Balaban J connectivity index is 0.000000531. The Morgan fingerprint density at radius 2 is 1.60 bits per heavy atom. The molecule has 0 aromatic heterocycles. The molecule has 2 fully saturated rings. The highest BCUT2D eigenvalue weighted by Gasteiger charge is 2.46. The lowest BCUT2D eigenvalue weighted by Crippen LogP contribution is -2.42. The van der Waals surface area contributed by atoms with E-state index in [1.807, 2.05) is 13.8 Å². The van der Waals surface area contributed by atoms with Crippen LogP contribution in [0.1, 0.15) is 47.0 Å². The summed E-state index contributed by atoms with van der Waals surface area (Å²) >= 11 is 0. The van der Waals surface area contributed by atoms with E-state index in [2.05, 4.69) is 31.1 Å². The van der Waals surface area contributed by atoms with Gasteiger partial charge in [0, 0.05) is 12.1 Å². The van der Waals surface area contributed by atoms with Crippen molar-refractivity contribution in [3.05, 3.63) is 0 Å². The van der Waals surface area contributed by atoms with E-state index in [1.54, 1.807) is 0 Å². The van der Waals surface area contributed by atoms with Crippen LogP contribution in [0.3, 0.4) is 0 Å². The van der Waals surface area contributed by atoms with E-state index in [4.69, 9.17) is 0 Å². The maximum absolute atomic E-state index is 3.78. The average Bonchev–Trinajstić information content (AvgIpc) is 2.81. The van der Waals surface area contributed by atoms with Crippen LogP contribution >= 0.6 is 0 Å². The van der Waals surface area contributed by atoms with Crippen LogP contribution in [0.2, 0.25) is 0 Å². The Bertz CT molecular complexity index is 181. The molecule has 1 unspecified atom stereocenters. The maximum atomic E-state index is 3.78. The van der Waals surface area contributed by atoms with Crippen LogP contribution in [0.4, 0.5) is 0 Å². The van der Waals surface area contributed by atoms with Gasteiger partial charge in [-0.25, -0.2) is 0 Å². The maximum Gasteiger partial charge on any atom is 0.0127 e. The van der Waals surface area contributed by atoms with Gasteiger partial charge in [0.1, 0.15) is 0 Å². The highest BCUT2D eigenvalue weighted by Crippen LogP contribution is 2.45. The first-order chi connectivity index (χ1) is 7.08. The van der Waals surface area contributed by atoms with Crippen molar-refractivity contribution in [3.63, 3.8) is 0 Å². The van der Waals surface area contributed by atoms with E-state index in [0.29, 0.717) is 5.41 Å². The predicted molar refractivity (Wildman–Crippen MR) is 67.2 cm³/mol. The molecule has 0 bridgehead atoms. The van der Waals surface area contributed by atoms with Crippen LogP contribution in [0, 0.1) is 5.41 Å². The van der Waals surface area contributed by atoms with Crippen molar-refractivity contribution < 1.29 is 0 Å². The highest BCUT2D eigenvalue weighted by atomic mass is 15.1. The minimum atomic E-state index is 0.587. The molecule has 0 spiro atoms. The molecule has 1 saturated heterocycles. The zero-order chi connectivity index (χ0) is 11.5. The molecule has 1 aliphatic carbocycles. The van der Waals surface area contributed by atoms with E-state index in [-0.39, 0.29) is 0 Å².